The first-order valence-corrected chi connectivity index (χ1v) is 8.13. The minimum absolute atomic E-state index is 0. The highest BCUT2D eigenvalue weighted by molar-refractivity contribution is 14.0. The van der Waals surface area contributed by atoms with Crippen LogP contribution in [0.1, 0.15) is 18.1 Å². The zero-order chi connectivity index (χ0) is 18.2. The molecule has 2 rings (SSSR count). The Labute approximate surface area is 170 Å². The number of guanidine groups is 1. The Morgan fingerprint density at radius 1 is 1.19 bits per heavy atom. The molecule has 0 saturated carbocycles. The number of rotatable bonds is 6. The normalized spacial score (nSPS) is 10.8. The smallest absolute Gasteiger partial charge is 0.194 e. The molecule has 0 saturated heterocycles. The van der Waals surface area contributed by atoms with Gasteiger partial charge in [0.25, 0.3) is 0 Å². The van der Waals surface area contributed by atoms with E-state index in [0.29, 0.717) is 13.1 Å². The molecule has 142 valence electrons. The maximum atomic E-state index is 13.8. The lowest BCUT2D eigenvalue weighted by Gasteiger charge is -2.22. The largest absolute Gasteiger partial charge is 0.508 e. The fourth-order valence-electron chi connectivity index (χ4n) is 2.39. The van der Waals surface area contributed by atoms with Gasteiger partial charge in [0.1, 0.15) is 5.75 Å². The number of phenolic OH excluding ortho intramolecular Hbond substituents is 1. The Morgan fingerprint density at radius 2 is 1.85 bits per heavy atom. The number of hydrogen-bond acceptors (Lipinski definition) is 3. The van der Waals surface area contributed by atoms with E-state index in [1.54, 1.807) is 18.2 Å². The second-order valence-corrected chi connectivity index (χ2v) is 5.66. The number of halogens is 2. The highest BCUT2D eigenvalue weighted by atomic mass is 127. The molecule has 26 heavy (non-hydrogen) atoms. The summed E-state index contributed by atoms with van der Waals surface area (Å²) in [6.45, 7) is 3.74. The SMILES string of the molecule is CCNC(=NCc1ccc(O)cc1)N(C)Cc1ccc(OC)c(F)c1.I. The van der Waals surface area contributed by atoms with Gasteiger partial charge in [0.2, 0.25) is 0 Å². The van der Waals surface area contributed by atoms with Crippen LogP contribution in [-0.2, 0) is 13.1 Å². The number of benzene rings is 2. The highest BCUT2D eigenvalue weighted by Crippen LogP contribution is 2.18. The molecule has 2 N–H and O–H groups in total. The summed E-state index contributed by atoms with van der Waals surface area (Å²) < 4.78 is 18.8. The van der Waals surface area contributed by atoms with Crippen LogP contribution in [0.5, 0.6) is 11.5 Å². The number of phenols is 1. The van der Waals surface area contributed by atoms with Crippen LogP contribution < -0.4 is 10.1 Å². The van der Waals surface area contributed by atoms with Gasteiger partial charge in [-0.1, -0.05) is 18.2 Å². The Balaban J connectivity index is 0.00000338. The first-order valence-electron chi connectivity index (χ1n) is 8.13. The van der Waals surface area contributed by atoms with Crippen molar-refractivity contribution in [2.75, 3.05) is 20.7 Å². The molecule has 0 aliphatic carbocycles. The van der Waals surface area contributed by atoms with E-state index < -0.39 is 0 Å². The van der Waals surface area contributed by atoms with Crippen LogP contribution >= 0.6 is 24.0 Å². The molecule has 7 heteroatoms. The highest BCUT2D eigenvalue weighted by Gasteiger charge is 2.09. The molecule has 0 spiro atoms. The van der Waals surface area contributed by atoms with Crippen molar-refractivity contribution in [1.82, 2.24) is 10.2 Å². The van der Waals surface area contributed by atoms with E-state index in [-0.39, 0.29) is 41.3 Å². The van der Waals surface area contributed by atoms with Crippen molar-refractivity contribution in [3.05, 3.63) is 59.4 Å². The standard InChI is InChI=1S/C19H24FN3O2.HI/c1-4-21-19(22-12-14-5-8-16(24)9-6-14)23(2)13-15-7-10-18(25-3)17(20)11-15;/h5-11,24H,4,12-13H2,1-3H3,(H,21,22);1H. The predicted molar refractivity (Wildman–Crippen MR) is 113 cm³/mol. The molecule has 0 aliphatic heterocycles. The Morgan fingerprint density at radius 3 is 2.42 bits per heavy atom. The van der Waals surface area contributed by atoms with Gasteiger partial charge in [-0.3, -0.25) is 0 Å². The molecule has 0 aromatic heterocycles. The second-order valence-electron chi connectivity index (χ2n) is 5.66. The topological polar surface area (TPSA) is 57.1 Å². The number of methoxy groups -OCH3 is 1. The molecule has 0 aliphatic rings. The summed E-state index contributed by atoms with van der Waals surface area (Å²) in [4.78, 5) is 6.53. The quantitative estimate of drug-likeness (QED) is 0.381. The van der Waals surface area contributed by atoms with Crippen LogP contribution in [0.4, 0.5) is 4.39 Å². The summed E-state index contributed by atoms with van der Waals surface area (Å²) in [5, 5.41) is 12.6. The van der Waals surface area contributed by atoms with E-state index in [9.17, 15) is 9.50 Å². The molecule has 0 bridgehead atoms. The first-order chi connectivity index (χ1) is 12.0. The molecule has 0 heterocycles. The van der Waals surface area contributed by atoms with E-state index in [2.05, 4.69) is 10.3 Å². The molecule has 0 fully saturated rings. The predicted octanol–water partition coefficient (Wildman–Crippen LogP) is 3.76. The summed E-state index contributed by atoms with van der Waals surface area (Å²) in [6.07, 6.45) is 0. The van der Waals surface area contributed by atoms with E-state index in [0.717, 1.165) is 23.6 Å². The molecule has 5 nitrogen and oxygen atoms in total. The molecule has 0 unspecified atom stereocenters. The summed E-state index contributed by atoms with van der Waals surface area (Å²) in [6, 6.07) is 11.9. The summed E-state index contributed by atoms with van der Waals surface area (Å²) in [7, 11) is 3.35. The van der Waals surface area contributed by atoms with Crippen LogP contribution in [0.25, 0.3) is 0 Å². The van der Waals surface area contributed by atoms with Gasteiger partial charge in [-0.25, -0.2) is 9.38 Å². The molecular formula is C19H25FIN3O2. The lowest BCUT2D eigenvalue weighted by molar-refractivity contribution is 0.385. The van der Waals surface area contributed by atoms with Gasteiger partial charge in [0.15, 0.2) is 17.5 Å². The van der Waals surface area contributed by atoms with Crippen molar-refractivity contribution < 1.29 is 14.2 Å². The van der Waals surface area contributed by atoms with Crippen molar-refractivity contribution >= 4 is 29.9 Å². The van der Waals surface area contributed by atoms with Crippen molar-refractivity contribution in [2.45, 2.75) is 20.0 Å². The van der Waals surface area contributed by atoms with Gasteiger partial charge < -0.3 is 20.1 Å². The second kappa shape index (κ2) is 10.8. The number of nitrogens with one attached hydrogen (secondary N) is 1. The fraction of sp³-hybridized carbons (Fsp3) is 0.316. The molecular weight excluding hydrogens is 448 g/mol. The maximum absolute atomic E-state index is 13.8. The van der Waals surface area contributed by atoms with Gasteiger partial charge in [-0.15, -0.1) is 24.0 Å². The summed E-state index contributed by atoms with van der Waals surface area (Å²) in [5.74, 6) is 0.823. The van der Waals surface area contributed by atoms with Gasteiger partial charge in [-0.05, 0) is 42.3 Å². The van der Waals surface area contributed by atoms with Crippen molar-refractivity contribution in [1.29, 1.82) is 0 Å². The molecule has 0 amide bonds. The van der Waals surface area contributed by atoms with Crippen LogP contribution in [0.15, 0.2) is 47.5 Å². The molecule has 0 atom stereocenters. The third-order valence-electron chi connectivity index (χ3n) is 3.68. The number of nitrogens with zero attached hydrogens (tertiary/aromatic N) is 2. The monoisotopic (exact) mass is 473 g/mol. The molecule has 0 radical (unpaired) electrons. The van der Waals surface area contributed by atoms with Crippen molar-refractivity contribution in [2.24, 2.45) is 4.99 Å². The average molecular weight is 473 g/mol. The molecule has 2 aromatic rings. The van der Waals surface area contributed by atoms with Crippen molar-refractivity contribution in [3.8, 4) is 11.5 Å². The lowest BCUT2D eigenvalue weighted by atomic mass is 10.2. The third-order valence-corrected chi connectivity index (χ3v) is 3.68. The Hall–Kier alpha value is -2.03. The van der Waals surface area contributed by atoms with E-state index in [1.165, 1.54) is 13.2 Å². The van der Waals surface area contributed by atoms with E-state index in [4.69, 9.17) is 4.74 Å². The number of aliphatic imine (C=N–C) groups is 1. The Kier molecular flexibility index (Phi) is 9.18. The number of hydrogen-bond donors (Lipinski definition) is 2. The maximum Gasteiger partial charge on any atom is 0.194 e. The molecule has 2 aromatic carbocycles. The van der Waals surface area contributed by atoms with Crippen LogP contribution in [-0.4, -0.2) is 36.7 Å². The van der Waals surface area contributed by atoms with Crippen LogP contribution in [0.3, 0.4) is 0 Å². The zero-order valence-electron chi connectivity index (χ0n) is 15.2. The van der Waals surface area contributed by atoms with Gasteiger partial charge in [0.05, 0.1) is 13.7 Å². The van der Waals surface area contributed by atoms with Crippen LogP contribution in [0.2, 0.25) is 0 Å². The van der Waals surface area contributed by atoms with Crippen molar-refractivity contribution in [3.63, 3.8) is 0 Å². The average Bonchev–Trinajstić information content (AvgIpc) is 2.60. The fourth-order valence-corrected chi connectivity index (χ4v) is 2.39. The summed E-state index contributed by atoms with van der Waals surface area (Å²) in [5.41, 5.74) is 1.83. The van der Waals surface area contributed by atoms with E-state index >= 15 is 0 Å². The third kappa shape index (κ3) is 6.36. The minimum Gasteiger partial charge on any atom is -0.508 e. The number of ether oxygens (including phenoxy) is 1. The Bertz CT molecular complexity index is 723. The van der Waals surface area contributed by atoms with Gasteiger partial charge in [0, 0.05) is 20.1 Å². The summed E-state index contributed by atoms with van der Waals surface area (Å²) >= 11 is 0. The van der Waals surface area contributed by atoms with Gasteiger partial charge >= 0.3 is 0 Å². The van der Waals surface area contributed by atoms with E-state index in [1.807, 2.05) is 37.1 Å². The lowest BCUT2D eigenvalue weighted by Crippen LogP contribution is -2.38. The van der Waals surface area contributed by atoms with Crippen LogP contribution in [0, 0.1) is 5.82 Å². The minimum atomic E-state index is -0.376. The van der Waals surface area contributed by atoms with Gasteiger partial charge in [-0.2, -0.15) is 0 Å². The number of aromatic hydroxyl groups is 1. The first kappa shape index (κ1) is 22.0. The zero-order valence-corrected chi connectivity index (χ0v) is 17.5.